The van der Waals surface area contributed by atoms with E-state index in [-0.39, 0.29) is 11.4 Å². The van der Waals surface area contributed by atoms with Crippen molar-refractivity contribution >= 4 is 5.91 Å². The Morgan fingerprint density at radius 3 is 3.05 bits per heavy atom. The number of fused-ring (bicyclic) bond motifs is 4. The lowest BCUT2D eigenvalue weighted by Crippen LogP contribution is -2.54. The van der Waals surface area contributed by atoms with Crippen LogP contribution in [0.5, 0.6) is 0 Å². The maximum absolute atomic E-state index is 12.5. The SMILES string of the molecule is CN1C(=O)Cc2ccccc2C12CCCn1cncc12. The number of aromatic nitrogens is 2. The summed E-state index contributed by atoms with van der Waals surface area (Å²) >= 11 is 0. The van der Waals surface area contributed by atoms with E-state index in [1.54, 1.807) is 0 Å². The summed E-state index contributed by atoms with van der Waals surface area (Å²) in [6, 6.07) is 8.34. The number of aryl methyl sites for hydroxylation is 1. The predicted octanol–water partition coefficient (Wildman–Crippen LogP) is 1.93. The van der Waals surface area contributed by atoms with Crippen molar-refractivity contribution in [2.24, 2.45) is 0 Å². The minimum Gasteiger partial charge on any atom is -0.332 e. The Morgan fingerprint density at radius 1 is 1.30 bits per heavy atom. The molecule has 1 unspecified atom stereocenters. The summed E-state index contributed by atoms with van der Waals surface area (Å²) in [6.45, 7) is 0.987. The number of rotatable bonds is 0. The van der Waals surface area contributed by atoms with Crippen LogP contribution in [0.3, 0.4) is 0 Å². The zero-order valence-corrected chi connectivity index (χ0v) is 11.5. The van der Waals surface area contributed by atoms with Gasteiger partial charge in [-0.05, 0) is 24.0 Å². The molecule has 2 aromatic rings. The first-order valence-corrected chi connectivity index (χ1v) is 7.09. The average Bonchev–Trinajstić information content (AvgIpc) is 2.94. The number of hydrogen-bond acceptors (Lipinski definition) is 2. The van der Waals surface area contributed by atoms with Crippen LogP contribution in [0.25, 0.3) is 0 Å². The largest absolute Gasteiger partial charge is 0.332 e. The van der Waals surface area contributed by atoms with E-state index in [1.165, 1.54) is 5.56 Å². The molecule has 1 amide bonds. The molecule has 3 heterocycles. The highest BCUT2D eigenvalue weighted by atomic mass is 16.2. The molecular formula is C16H17N3O. The average molecular weight is 267 g/mol. The normalized spacial score (nSPS) is 24.6. The first kappa shape index (κ1) is 11.7. The number of imidazole rings is 1. The summed E-state index contributed by atoms with van der Waals surface area (Å²) in [4.78, 5) is 18.7. The Morgan fingerprint density at radius 2 is 2.15 bits per heavy atom. The molecule has 102 valence electrons. The number of hydrogen-bond donors (Lipinski definition) is 0. The van der Waals surface area contributed by atoms with E-state index < -0.39 is 0 Å². The zero-order valence-electron chi connectivity index (χ0n) is 11.5. The topological polar surface area (TPSA) is 38.1 Å². The van der Waals surface area contributed by atoms with Gasteiger partial charge in [-0.3, -0.25) is 4.79 Å². The van der Waals surface area contributed by atoms with Crippen LogP contribution in [0, 0.1) is 0 Å². The smallest absolute Gasteiger partial charge is 0.227 e. The fraction of sp³-hybridized carbons (Fsp3) is 0.375. The van der Waals surface area contributed by atoms with Crippen LogP contribution in [0.15, 0.2) is 36.8 Å². The van der Waals surface area contributed by atoms with Crippen molar-refractivity contribution in [3.8, 4) is 0 Å². The van der Waals surface area contributed by atoms with Gasteiger partial charge < -0.3 is 9.47 Å². The van der Waals surface area contributed by atoms with Gasteiger partial charge >= 0.3 is 0 Å². The van der Waals surface area contributed by atoms with Gasteiger partial charge in [-0.25, -0.2) is 4.98 Å². The van der Waals surface area contributed by atoms with E-state index in [4.69, 9.17) is 0 Å². The molecule has 1 spiro atoms. The molecule has 4 heteroatoms. The lowest BCUT2D eigenvalue weighted by atomic mass is 9.74. The lowest BCUT2D eigenvalue weighted by Gasteiger charge is -2.48. The monoisotopic (exact) mass is 267 g/mol. The van der Waals surface area contributed by atoms with Gasteiger partial charge in [0.2, 0.25) is 5.91 Å². The van der Waals surface area contributed by atoms with Crippen LogP contribution in [-0.4, -0.2) is 27.4 Å². The molecule has 4 rings (SSSR count). The molecule has 2 aliphatic rings. The summed E-state index contributed by atoms with van der Waals surface area (Å²) in [6.07, 6.45) is 6.34. The standard InChI is InChI=1S/C16H17N3O/c1-18-15(20)9-12-5-2-3-6-13(12)16(18)7-4-8-19-11-17-10-14(16)19/h2-3,5-6,10-11H,4,7-9H2,1H3. The van der Waals surface area contributed by atoms with Crippen molar-refractivity contribution in [3.05, 3.63) is 53.6 Å². The quantitative estimate of drug-likeness (QED) is 0.731. The van der Waals surface area contributed by atoms with E-state index in [1.807, 2.05) is 30.5 Å². The Bertz CT molecular complexity index is 691. The minimum absolute atomic E-state index is 0.193. The molecule has 1 aromatic carbocycles. The summed E-state index contributed by atoms with van der Waals surface area (Å²) in [7, 11) is 1.93. The van der Waals surface area contributed by atoms with E-state index in [2.05, 4.69) is 27.8 Å². The Kier molecular flexibility index (Phi) is 2.31. The highest BCUT2D eigenvalue weighted by Gasteiger charge is 2.48. The number of amides is 1. The minimum atomic E-state index is -0.333. The summed E-state index contributed by atoms with van der Waals surface area (Å²) < 4.78 is 2.19. The fourth-order valence-corrected chi connectivity index (χ4v) is 3.84. The van der Waals surface area contributed by atoms with Crippen molar-refractivity contribution in [2.75, 3.05) is 7.05 Å². The van der Waals surface area contributed by atoms with Gasteiger partial charge in [0.1, 0.15) is 5.54 Å². The molecule has 0 saturated carbocycles. The first-order chi connectivity index (χ1) is 9.73. The van der Waals surface area contributed by atoms with Crippen molar-refractivity contribution < 1.29 is 4.79 Å². The van der Waals surface area contributed by atoms with Gasteiger partial charge in [-0.2, -0.15) is 0 Å². The van der Waals surface area contributed by atoms with Crippen molar-refractivity contribution in [3.63, 3.8) is 0 Å². The van der Waals surface area contributed by atoms with Crippen LogP contribution >= 0.6 is 0 Å². The summed E-state index contributed by atoms with van der Waals surface area (Å²) in [5.74, 6) is 0.193. The summed E-state index contributed by atoms with van der Waals surface area (Å²) in [5.41, 5.74) is 3.24. The molecule has 0 bridgehead atoms. The van der Waals surface area contributed by atoms with Gasteiger partial charge in [-0.1, -0.05) is 24.3 Å². The van der Waals surface area contributed by atoms with E-state index in [9.17, 15) is 4.79 Å². The lowest BCUT2D eigenvalue weighted by molar-refractivity contribution is -0.136. The van der Waals surface area contributed by atoms with Crippen LogP contribution in [0.4, 0.5) is 0 Å². The second-order valence-corrected chi connectivity index (χ2v) is 5.72. The maximum Gasteiger partial charge on any atom is 0.227 e. The Labute approximate surface area is 118 Å². The third-order valence-corrected chi connectivity index (χ3v) is 4.82. The summed E-state index contributed by atoms with van der Waals surface area (Å²) in [5, 5.41) is 0. The molecule has 0 fully saturated rings. The van der Waals surface area contributed by atoms with Crippen LogP contribution in [0.2, 0.25) is 0 Å². The number of carbonyl (C=O) groups is 1. The molecule has 0 N–H and O–H groups in total. The second-order valence-electron chi connectivity index (χ2n) is 5.72. The van der Waals surface area contributed by atoms with Gasteiger partial charge in [0.05, 0.1) is 24.6 Å². The van der Waals surface area contributed by atoms with Gasteiger partial charge in [0.25, 0.3) is 0 Å². The Hall–Kier alpha value is -2.10. The van der Waals surface area contributed by atoms with Crippen molar-refractivity contribution in [1.82, 2.24) is 14.5 Å². The van der Waals surface area contributed by atoms with Gasteiger partial charge in [-0.15, -0.1) is 0 Å². The molecule has 0 saturated heterocycles. The highest BCUT2D eigenvalue weighted by Crippen LogP contribution is 2.46. The zero-order chi connectivity index (χ0) is 13.7. The Balaban J connectivity index is 2.04. The third-order valence-electron chi connectivity index (χ3n) is 4.82. The van der Waals surface area contributed by atoms with E-state index >= 15 is 0 Å². The molecule has 1 aromatic heterocycles. The highest BCUT2D eigenvalue weighted by molar-refractivity contribution is 5.83. The van der Waals surface area contributed by atoms with Crippen LogP contribution in [-0.2, 0) is 23.3 Å². The van der Waals surface area contributed by atoms with Crippen LogP contribution in [0.1, 0.15) is 29.7 Å². The fourth-order valence-electron chi connectivity index (χ4n) is 3.84. The number of benzene rings is 1. The molecule has 1 atom stereocenters. The molecule has 0 radical (unpaired) electrons. The van der Waals surface area contributed by atoms with Crippen LogP contribution < -0.4 is 0 Å². The number of nitrogens with zero attached hydrogens (tertiary/aromatic N) is 3. The van der Waals surface area contributed by atoms with Crippen molar-refractivity contribution in [2.45, 2.75) is 31.3 Å². The second kappa shape index (κ2) is 3.95. The number of carbonyl (C=O) groups excluding carboxylic acids is 1. The third kappa shape index (κ3) is 1.31. The molecule has 0 aliphatic carbocycles. The van der Waals surface area contributed by atoms with E-state index in [0.717, 1.165) is 30.6 Å². The van der Waals surface area contributed by atoms with Gasteiger partial charge in [0, 0.05) is 13.6 Å². The predicted molar refractivity (Wildman–Crippen MR) is 75.2 cm³/mol. The van der Waals surface area contributed by atoms with E-state index in [0.29, 0.717) is 6.42 Å². The maximum atomic E-state index is 12.5. The first-order valence-electron chi connectivity index (χ1n) is 7.09. The molecular weight excluding hydrogens is 250 g/mol. The van der Waals surface area contributed by atoms with Crippen molar-refractivity contribution in [1.29, 1.82) is 0 Å². The molecule has 2 aliphatic heterocycles. The number of likely N-dealkylation sites (N-methyl/N-ethyl adjacent to an activating group) is 1. The molecule has 4 nitrogen and oxygen atoms in total. The molecule has 20 heavy (non-hydrogen) atoms. The van der Waals surface area contributed by atoms with Gasteiger partial charge in [0.15, 0.2) is 0 Å².